The van der Waals surface area contributed by atoms with Crippen LogP contribution in [0.4, 0.5) is 11.6 Å². The van der Waals surface area contributed by atoms with E-state index in [0.717, 1.165) is 47.4 Å². The van der Waals surface area contributed by atoms with E-state index in [2.05, 4.69) is 25.9 Å². The van der Waals surface area contributed by atoms with Crippen LogP contribution in [0.2, 0.25) is 0 Å². The summed E-state index contributed by atoms with van der Waals surface area (Å²) in [5, 5.41) is 10.7. The van der Waals surface area contributed by atoms with Gasteiger partial charge in [0.25, 0.3) is 0 Å². The molecule has 0 saturated carbocycles. The topological polar surface area (TPSA) is 114 Å². The number of para-hydroxylation sites is 1. The zero-order chi connectivity index (χ0) is 23.3. The quantitative estimate of drug-likeness (QED) is 0.390. The van der Waals surface area contributed by atoms with E-state index in [1.807, 2.05) is 36.4 Å². The maximum absolute atomic E-state index is 12.7. The number of amides is 1. The van der Waals surface area contributed by atoms with Gasteiger partial charge in [-0.3, -0.25) is 9.78 Å². The highest BCUT2D eigenvalue weighted by atomic mass is 16.5. The van der Waals surface area contributed by atoms with Gasteiger partial charge >= 0.3 is 0 Å². The monoisotopic (exact) mass is 455 g/mol. The summed E-state index contributed by atoms with van der Waals surface area (Å²) in [6.45, 7) is 1.88. The first-order valence-electron chi connectivity index (χ1n) is 11.2. The van der Waals surface area contributed by atoms with Gasteiger partial charge in [-0.1, -0.05) is 18.2 Å². The molecule has 4 heterocycles. The number of aromatic nitrogens is 4. The summed E-state index contributed by atoms with van der Waals surface area (Å²) in [6.07, 6.45) is 6.32. The second-order valence-corrected chi connectivity index (χ2v) is 8.09. The molecular weight excluding hydrogens is 430 g/mol. The predicted octanol–water partition coefficient (Wildman–Crippen LogP) is 3.05. The molecule has 9 heteroatoms. The van der Waals surface area contributed by atoms with Crippen molar-refractivity contribution in [1.82, 2.24) is 25.3 Å². The Bertz CT molecular complexity index is 1320. The van der Waals surface area contributed by atoms with Crippen molar-refractivity contribution in [2.75, 3.05) is 30.8 Å². The minimum Gasteiger partial charge on any atom is -0.496 e. The number of rotatable bonds is 7. The summed E-state index contributed by atoms with van der Waals surface area (Å²) in [4.78, 5) is 30.7. The van der Waals surface area contributed by atoms with Gasteiger partial charge in [0.1, 0.15) is 17.4 Å². The normalized spacial score (nSPS) is 15.3. The van der Waals surface area contributed by atoms with Crippen LogP contribution in [0, 0.1) is 0 Å². The van der Waals surface area contributed by atoms with Gasteiger partial charge in [0.15, 0.2) is 5.82 Å². The average Bonchev–Trinajstić information content (AvgIpc) is 3.37. The summed E-state index contributed by atoms with van der Waals surface area (Å²) < 4.78 is 5.34. The van der Waals surface area contributed by atoms with Crippen LogP contribution in [-0.4, -0.2) is 52.1 Å². The van der Waals surface area contributed by atoms with Gasteiger partial charge in [0.05, 0.1) is 25.2 Å². The van der Waals surface area contributed by atoms with Gasteiger partial charge in [-0.2, -0.15) is 0 Å². The molecule has 0 bridgehead atoms. The number of hydrogen-bond donors (Lipinski definition) is 3. The molecule has 5 rings (SSSR count). The minimum atomic E-state index is -0.186. The Hall–Kier alpha value is -4.11. The molecule has 9 nitrogen and oxygen atoms in total. The summed E-state index contributed by atoms with van der Waals surface area (Å²) in [7, 11) is 1.59. The number of benzene rings is 1. The number of hydrogen-bond acceptors (Lipinski definition) is 8. The number of carbonyl (C=O) groups is 1. The number of ether oxygens (including phenoxy) is 1. The Morgan fingerprint density at radius 2 is 2.09 bits per heavy atom. The number of nitrogens with one attached hydrogen (secondary N) is 3. The number of anilines is 2. The number of pyridine rings is 2. The van der Waals surface area contributed by atoms with E-state index in [9.17, 15) is 4.79 Å². The van der Waals surface area contributed by atoms with Crippen LogP contribution >= 0.6 is 0 Å². The van der Waals surface area contributed by atoms with Crippen LogP contribution in [0.5, 0.6) is 5.75 Å². The molecular formula is C25H25N7O2. The molecule has 1 aliphatic heterocycles. The highest BCUT2D eigenvalue weighted by Gasteiger charge is 2.18. The highest BCUT2D eigenvalue weighted by Crippen LogP contribution is 2.26. The van der Waals surface area contributed by atoms with Crippen LogP contribution in [0.25, 0.3) is 22.3 Å². The van der Waals surface area contributed by atoms with Crippen molar-refractivity contribution in [3.63, 3.8) is 0 Å². The summed E-state index contributed by atoms with van der Waals surface area (Å²) in [6, 6.07) is 13.3. The fraction of sp³-hybridized carbons (Fsp3) is 0.240. The van der Waals surface area contributed by atoms with Gasteiger partial charge in [-0.25, -0.2) is 15.0 Å². The van der Waals surface area contributed by atoms with E-state index in [-0.39, 0.29) is 12.3 Å². The summed E-state index contributed by atoms with van der Waals surface area (Å²) in [5.41, 5.74) is 2.31. The van der Waals surface area contributed by atoms with Crippen molar-refractivity contribution < 1.29 is 9.53 Å². The fourth-order valence-electron chi connectivity index (χ4n) is 4.04. The maximum Gasteiger partial charge on any atom is 0.230 e. The van der Waals surface area contributed by atoms with E-state index in [0.29, 0.717) is 23.4 Å². The van der Waals surface area contributed by atoms with E-state index < -0.39 is 0 Å². The number of nitrogens with zero attached hydrogens (tertiary/aromatic N) is 4. The Morgan fingerprint density at radius 1 is 1.18 bits per heavy atom. The molecule has 0 unspecified atom stereocenters. The minimum absolute atomic E-state index is 0.178. The average molecular weight is 456 g/mol. The first kappa shape index (κ1) is 21.7. The van der Waals surface area contributed by atoms with Crippen LogP contribution in [0.1, 0.15) is 12.0 Å². The first-order valence-corrected chi connectivity index (χ1v) is 11.2. The highest BCUT2D eigenvalue weighted by molar-refractivity contribution is 5.93. The van der Waals surface area contributed by atoms with Gasteiger partial charge < -0.3 is 20.7 Å². The molecule has 34 heavy (non-hydrogen) atoms. The second kappa shape index (κ2) is 9.80. The van der Waals surface area contributed by atoms with Crippen LogP contribution in [-0.2, 0) is 11.2 Å². The molecule has 4 aromatic rings. The molecule has 0 aliphatic carbocycles. The zero-order valence-electron chi connectivity index (χ0n) is 18.8. The van der Waals surface area contributed by atoms with E-state index in [1.165, 1.54) is 0 Å². The van der Waals surface area contributed by atoms with E-state index in [4.69, 9.17) is 14.7 Å². The van der Waals surface area contributed by atoms with Crippen molar-refractivity contribution >= 4 is 28.4 Å². The van der Waals surface area contributed by atoms with Crippen molar-refractivity contribution in [2.45, 2.75) is 18.9 Å². The molecule has 0 radical (unpaired) electrons. The van der Waals surface area contributed by atoms with Crippen molar-refractivity contribution in [1.29, 1.82) is 0 Å². The lowest BCUT2D eigenvalue weighted by molar-refractivity contribution is -0.115. The SMILES string of the molecule is COc1ccccc1CC(=O)Nc1cc(-c2nc(N[C@@H]3CCNC3)c3ccncc3n2)ccn1. The maximum atomic E-state index is 12.7. The smallest absolute Gasteiger partial charge is 0.230 e. The van der Waals surface area contributed by atoms with E-state index in [1.54, 1.807) is 31.8 Å². The van der Waals surface area contributed by atoms with Gasteiger partial charge in [0.2, 0.25) is 5.91 Å². The molecule has 1 aliphatic rings. The van der Waals surface area contributed by atoms with Gasteiger partial charge in [-0.15, -0.1) is 0 Å². The first-order chi connectivity index (χ1) is 16.7. The van der Waals surface area contributed by atoms with Gasteiger partial charge in [-0.05, 0) is 37.2 Å². The summed E-state index contributed by atoms with van der Waals surface area (Å²) in [5.74, 6) is 2.23. The molecule has 1 atom stereocenters. The third-order valence-electron chi connectivity index (χ3n) is 5.73. The lowest BCUT2D eigenvalue weighted by Gasteiger charge is -2.15. The Labute approximate surface area is 197 Å². The fourth-order valence-corrected chi connectivity index (χ4v) is 4.04. The standard InChI is InChI=1S/C25H25N7O2/c1-34-21-5-3-2-4-16(21)13-23(33)31-22-12-17(6-11-28-22)24-30-20-15-27-10-8-19(20)25(32-24)29-18-7-9-26-14-18/h2-6,8,10-12,15,18,26H,7,9,13-14H2,1H3,(H,28,31,33)(H,29,30,32)/t18-/m1/s1. The molecule has 1 fully saturated rings. The third-order valence-corrected chi connectivity index (χ3v) is 5.73. The zero-order valence-corrected chi connectivity index (χ0v) is 18.8. The molecule has 1 amide bonds. The van der Waals surface area contributed by atoms with Gasteiger partial charge in [0, 0.05) is 41.5 Å². The third kappa shape index (κ3) is 4.79. The number of fused-ring (bicyclic) bond motifs is 1. The number of carbonyl (C=O) groups excluding carboxylic acids is 1. The lowest BCUT2D eigenvalue weighted by Crippen LogP contribution is -2.23. The van der Waals surface area contributed by atoms with Crippen molar-refractivity contribution in [3.8, 4) is 17.1 Å². The van der Waals surface area contributed by atoms with Crippen molar-refractivity contribution in [2.24, 2.45) is 0 Å². The molecule has 3 N–H and O–H groups in total. The largest absolute Gasteiger partial charge is 0.496 e. The Balaban J connectivity index is 1.40. The predicted molar refractivity (Wildman–Crippen MR) is 131 cm³/mol. The van der Waals surface area contributed by atoms with Crippen molar-refractivity contribution in [3.05, 3.63) is 66.6 Å². The molecule has 172 valence electrons. The Morgan fingerprint density at radius 3 is 2.94 bits per heavy atom. The summed E-state index contributed by atoms with van der Waals surface area (Å²) >= 11 is 0. The van der Waals surface area contributed by atoms with Crippen LogP contribution in [0.15, 0.2) is 61.1 Å². The van der Waals surface area contributed by atoms with Crippen LogP contribution in [0.3, 0.4) is 0 Å². The second-order valence-electron chi connectivity index (χ2n) is 8.09. The Kier molecular flexibility index (Phi) is 6.26. The number of methoxy groups -OCH3 is 1. The lowest BCUT2D eigenvalue weighted by atomic mass is 10.1. The molecule has 1 aromatic carbocycles. The van der Waals surface area contributed by atoms with E-state index >= 15 is 0 Å². The van der Waals surface area contributed by atoms with Crippen LogP contribution < -0.4 is 20.7 Å². The molecule has 3 aromatic heterocycles. The molecule has 0 spiro atoms. The molecule has 1 saturated heterocycles.